The molecule has 46 valence electrons. The van der Waals surface area contributed by atoms with Gasteiger partial charge in [-0.05, 0) is 19.9 Å². The Balaban J connectivity index is 2.56. The van der Waals surface area contributed by atoms with E-state index < -0.39 is 0 Å². The van der Waals surface area contributed by atoms with E-state index in [0.29, 0.717) is 12.0 Å². The summed E-state index contributed by atoms with van der Waals surface area (Å²) in [6.07, 6.45) is 2.56. The molecule has 0 radical (unpaired) electrons. The molecule has 0 amide bonds. The van der Waals surface area contributed by atoms with Crippen molar-refractivity contribution in [3.05, 3.63) is 11.8 Å². The van der Waals surface area contributed by atoms with Crippen molar-refractivity contribution in [1.82, 2.24) is 0 Å². The maximum Gasteiger partial charge on any atom is 0.101 e. The van der Waals surface area contributed by atoms with Crippen LogP contribution in [0.25, 0.3) is 0 Å². The zero-order chi connectivity index (χ0) is 6.15. The van der Waals surface area contributed by atoms with E-state index in [9.17, 15) is 0 Å². The van der Waals surface area contributed by atoms with E-state index >= 15 is 0 Å². The zero-order valence-corrected chi connectivity index (χ0v) is 5.64. The van der Waals surface area contributed by atoms with E-state index in [0.717, 1.165) is 5.76 Å². The summed E-state index contributed by atoms with van der Waals surface area (Å²) in [6, 6.07) is 0. The monoisotopic (exact) mass is 112 g/mol. The zero-order valence-electron chi connectivity index (χ0n) is 5.64. The van der Waals surface area contributed by atoms with Gasteiger partial charge in [0.15, 0.2) is 0 Å². The van der Waals surface area contributed by atoms with Crippen molar-refractivity contribution < 1.29 is 4.74 Å². The van der Waals surface area contributed by atoms with Gasteiger partial charge in [-0.15, -0.1) is 0 Å². The van der Waals surface area contributed by atoms with E-state index in [4.69, 9.17) is 4.74 Å². The third-order valence-corrected chi connectivity index (χ3v) is 1.61. The Bertz CT molecular complexity index is 116. The second-order valence-corrected chi connectivity index (χ2v) is 2.46. The Kier molecular flexibility index (Phi) is 1.28. The van der Waals surface area contributed by atoms with Crippen LogP contribution < -0.4 is 0 Å². The van der Waals surface area contributed by atoms with Crippen LogP contribution in [-0.4, -0.2) is 6.10 Å². The van der Waals surface area contributed by atoms with Crippen LogP contribution in [-0.2, 0) is 4.74 Å². The van der Waals surface area contributed by atoms with Crippen molar-refractivity contribution in [3.8, 4) is 0 Å². The van der Waals surface area contributed by atoms with Crippen molar-refractivity contribution >= 4 is 0 Å². The van der Waals surface area contributed by atoms with Crippen LogP contribution in [0.2, 0.25) is 0 Å². The quantitative estimate of drug-likeness (QED) is 0.465. The molecule has 1 aliphatic rings. The molecule has 0 saturated carbocycles. The molecule has 1 unspecified atom stereocenters. The van der Waals surface area contributed by atoms with Gasteiger partial charge in [-0.1, -0.05) is 6.92 Å². The summed E-state index contributed by atoms with van der Waals surface area (Å²) >= 11 is 0. The van der Waals surface area contributed by atoms with E-state index in [1.807, 2.05) is 6.92 Å². The smallest absolute Gasteiger partial charge is 0.101 e. The number of hydrogen-bond donors (Lipinski definition) is 0. The fourth-order valence-electron chi connectivity index (χ4n) is 0.946. The first kappa shape index (κ1) is 5.67. The third-order valence-electron chi connectivity index (χ3n) is 1.61. The van der Waals surface area contributed by atoms with Gasteiger partial charge >= 0.3 is 0 Å². The van der Waals surface area contributed by atoms with Crippen molar-refractivity contribution in [3.63, 3.8) is 0 Å². The maximum atomic E-state index is 5.33. The lowest BCUT2D eigenvalue weighted by Gasteiger charge is -2.07. The minimum absolute atomic E-state index is 0.398. The molecule has 0 spiro atoms. The Morgan fingerprint density at radius 3 is 2.25 bits per heavy atom. The minimum Gasteiger partial charge on any atom is -0.495 e. The molecule has 0 aromatic carbocycles. The lowest BCUT2D eigenvalue weighted by molar-refractivity contribution is 0.135. The fraction of sp³-hybridized carbons (Fsp3) is 0.714. The molecule has 1 aliphatic heterocycles. The van der Waals surface area contributed by atoms with E-state index in [2.05, 4.69) is 19.9 Å². The number of rotatable bonds is 0. The van der Waals surface area contributed by atoms with Gasteiger partial charge in [-0.3, -0.25) is 0 Å². The van der Waals surface area contributed by atoms with Crippen LogP contribution in [0.3, 0.4) is 0 Å². The van der Waals surface area contributed by atoms with Gasteiger partial charge in [0.1, 0.15) is 6.10 Å². The van der Waals surface area contributed by atoms with Crippen LogP contribution in [0.15, 0.2) is 11.8 Å². The van der Waals surface area contributed by atoms with Crippen molar-refractivity contribution in [2.24, 2.45) is 5.92 Å². The van der Waals surface area contributed by atoms with Crippen LogP contribution in [0.1, 0.15) is 20.8 Å². The van der Waals surface area contributed by atoms with Gasteiger partial charge in [0, 0.05) is 5.92 Å². The minimum atomic E-state index is 0.398. The van der Waals surface area contributed by atoms with Gasteiger partial charge in [0.25, 0.3) is 0 Å². The summed E-state index contributed by atoms with van der Waals surface area (Å²) in [5, 5.41) is 0. The largest absolute Gasteiger partial charge is 0.495 e. The summed E-state index contributed by atoms with van der Waals surface area (Å²) in [4.78, 5) is 0. The normalized spacial score (nSPS) is 36.6. The SMILES string of the molecule is CC1=CC(C)[C@H](C)O1. The summed E-state index contributed by atoms with van der Waals surface area (Å²) in [6.45, 7) is 6.26. The van der Waals surface area contributed by atoms with Crippen molar-refractivity contribution in [1.29, 1.82) is 0 Å². The first-order valence-corrected chi connectivity index (χ1v) is 3.05. The predicted molar refractivity (Wildman–Crippen MR) is 33.5 cm³/mol. The topological polar surface area (TPSA) is 9.23 Å². The standard InChI is InChI=1S/C7H12O/c1-5-4-6(2)8-7(5)3/h4-5,7H,1-3H3/t5?,7-/m0/s1. The Morgan fingerprint density at radius 2 is 2.12 bits per heavy atom. The summed E-state index contributed by atoms with van der Waals surface area (Å²) in [5.74, 6) is 1.68. The molecule has 0 aromatic heterocycles. The molecule has 1 rings (SSSR count). The van der Waals surface area contributed by atoms with Gasteiger partial charge in [-0.25, -0.2) is 0 Å². The average Bonchev–Trinajstić information content (AvgIpc) is 1.85. The molecule has 1 nitrogen and oxygen atoms in total. The molecular weight excluding hydrogens is 100 g/mol. The van der Waals surface area contributed by atoms with Crippen LogP contribution in [0.4, 0.5) is 0 Å². The molecule has 0 saturated heterocycles. The second-order valence-electron chi connectivity index (χ2n) is 2.46. The van der Waals surface area contributed by atoms with E-state index in [1.165, 1.54) is 0 Å². The fourth-order valence-corrected chi connectivity index (χ4v) is 0.946. The third kappa shape index (κ3) is 0.857. The molecule has 0 N–H and O–H groups in total. The lowest BCUT2D eigenvalue weighted by Crippen LogP contribution is -2.07. The molecule has 0 bridgehead atoms. The Morgan fingerprint density at radius 1 is 1.50 bits per heavy atom. The summed E-state index contributed by atoms with van der Waals surface area (Å²) in [5.41, 5.74) is 0. The number of allylic oxidation sites excluding steroid dienone is 1. The van der Waals surface area contributed by atoms with Crippen LogP contribution in [0.5, 0.6) is 0 Å². The summed E-state index contributed by atoms with van der Waals surface area (Å²) < 4.78 is 5.33. The van der Waals surface area contributed by atoms with Crippen molar-refractivity contribution in [2.45, 2.75) is 26.9 Å². The Hall–Kier alpha value is -0.460. The van der Waals surface area contributed by atoms with Crippen LogP contribution in [0, 0.1) is 5.92 Å². The molecule has 0 aromatic rings. The van der Waals surface area contributed by atoms with Gasteiger partial charge in [-0.2, -0.15) is 0 Å². The highest BCUT2D eigenvalue weighted by Crippen LogP contribution is 2.21. The second kappa shape index (κ2) is 1.81. The molecule has 1 heterocycles. The highest BCUT2D eigenvalue weighted by atomic mass is 16.5. The highest BCUT2D eigenvalue weighted by molar-refractivity contribution is 5.01. The molecule has 0 fully saturated rings. The first-order valence-electron chi connectivity index (χ1n) is 3.05. The average molecular weight is 112 g/mol. The van der Waals surface area contributed by atoms with E-state index in [1.54, 1.807) is 0 Å². The molecule has 0 aliphatic carbocycles. The first-order chi connectivity index (χ1) is 3.70. The van der Waals surface area contributed by atoms with Gasteiger partial charge < -0.3 is 4.74 Å². The molecule has 8 heavy (non-hydrogen) atoms. The number of ether oxygens (including phenoxy) is 1. The maximum absolute atomic E-state index is 5.33. The molecular formula is C7H12O. The predicted octanol–water partition coefficient (Wildman–Crippen LogP) is 1.95. The van der Waals surface area contributed by atoms with Gasteiger partial charge in [0.05, 0.1) is 5.76 Å². The highest BCUT2D eigenvalue weighted by Gasteiger charge is 2.17. The van der Waals surface area contributed by atoms with Crippen LogP contribution >= 0.6 is 0 Å². The van der Waals surface area contributed by atoms with Gasteiger partial charge in [0.2, 0.25) is 0 Å². The lowest BCUT2D eigenvalue weighted by atomic mass is 10.1. The number of hydrogen-bond acceptors (Lipinski definition) is 1. The Labute approximate surface area is 50.3 Å². The molecule has 2 atom stereocenters. The molecule has 1 heteroatoms. The van der Waals surface area contributed by atoms with Crippen molar-refractivity contribution in [2.75, 3.05) is 0 Å². The summed E-state index contributed by atoms with van der Waals surface area (Å²) in [7, 11) is 0. The van der Waals surface area contributed by atoms with E-state index in [-0.39, 0.29) is 0 Å².